The van der Waals surface area contributed by atoms with E-state index < -0.39 is 5.97 Å². The largest absolute Gasteiger partial charge is 0.489 e. The van der Waals surface area contributed by atoms with Gasteiger partial charge in [-0.3, -0.25) is 4.57 Å². The number of benzene rings is 3. The minimum Gasteiger partial charge on any atom is -0.489 e. The van der Waals surface area contributed by atoms with Crippen molar-refractivity contribution in [3.63, 3.8) is 0 Å². The van der Waals surface area contributed by atoms with Crippen LogP contribution in [0, 0.1) is 0 Å². The van der Waals surface area contributed by atoms with Crippen LogP contribution in [0.5, 0.6) is 5.75 Å². The second-order valence-electron chi connectivity index (χ2n) is 7.44. The van der Waals surface area contributed by atoms with Crippen molar-refractivity contribution in [2.75, 3.05) is 6.61 Å². The molecule has 8 heteroatoms. The van der Waals surface area contributed by atoms with Crippen LogP contribution in [-0.4, -0.2) is 27.1 Å². The fourth-order valence-electron chi connectivity index (χ4n) is 3.55. The lowest BCUT2D eigenvalue weighted by Gasteiger charge is -2.07. The van der Waals surface area contributed by atoms with Gasteiger partial charge in [0, 0.05) is 16.7 Å². The first kappa shape index (κ1) is 22.1. The van der Waals surface area contributed by atoms with Crippen molar-refractivity contribution in [1.82, 2.24) is 14.5 Å². The number of carbonyl (C=O) groups is 1. The predicted molar refractivity (Wildman–Crippen MR) is 134 cm³/mol. The van der Waals surface area contributed by atoms with Crippen LogP contribution in [0.1, 0.15) is 22.2 Å². The Morgan fingerprint density at radius 1 is 1.06 bits per heavy atom. The highest BCUT2D eigenvalue weighted by atomic mass is 35.5. The number of fused-ring (bicyclic) bond motifs is 1. The first-order valence-electron chi connectivity index (χ1n) is 10.7. The summed E-state index contributed by atoms with van der Waals surface area (Å²) in [6.45, 7) is 2.51. The van der Waals surface area contributed by atoms with Crippen molar-refractivity contribution in [2.45, 2.75) is 13.5 Å². The fourth-order valence-corrected chi connectivity index (χ4v) is 4.70. The van der Waals surface area contributed by atoms with Crippen LogP contribution < -0.4 is 4.74 Å². The molecule has 0 atom stereocenters. The van der Waals surface area contributed by atoms with Gasteiger partial charge in [0.05, 0.1) is 23.3 Å². The molecule has 0 saturated carbocycles. The minimum absolute atomic E-state index is 0.275. The van der Waals surface area contributed by atoms with Crippen LogP contribution in [0.3, 0.4) is 0 Å². The number of nitrogens with zero attached hydrogens (tertiary/aromatic N) is 3. The molecule has 34 heavy (non-hydrogen) atoms. The van der Waals surface area contributed by atoms with Crippen molar-refractivity contribution >= 4 is 39.9 Å². The smallest absolute Gasteiger partial charge is 0.350 e. The van der Waals surface area contributed by atoms with Crippen molar-refractivity contribution < 1.29 is 14.3 Å². The van der Waals surface area contributed by atoms with Crippen LogP contribution in [-0.2, 0) is 11.3 Å². The van der Waals surface area contributed by atoms with Gasteiger partial charge >= 0.3 is 5.97 Å². The molecule has 0 aliphatic heterocycles. The molecule has 0 aliphatic rings. The lowest BCUT2D eigenvalue weighted by molar-refractivity contribution is 0.0532. The van der Waals surface area contributed by atoms with E-state index in [-0.39, 0.29) is 6.61 Å². The van der Waals surface area contributed by atoms with Gasteiger partial charge < -0.3 is 9.47 Å². The lowest BCUT2D eigenvalue weighted by atomic mass is 10.1. The highest BCUT2D eigenvalue weighted by Gasteiger charge is 2.22. The number of hydrogen-bond acceptors (Lipinski definition) is 6. The zero-order valence-corrected chi connectivity index (χ0v) is 19.8. The molecule has 5 rings (SSSR count). The van der Waals surface area contributed by atoms with Gasteiger partial charge in [0.15, 0.2) is 5.13 Å². The van der Waals surface area contributed by atoms with Gasteiger partial charge in [0.25, 0.3) is 0 Å². The monoisotopic (exact) mass is 489 g/mol. The molecule has 0 bridgehead atoms. The Balaban J connectivity index is 1.53. The summed E-state index contributed by atoms with van der Waals surface area (Å²) in [5, 5.41) is 1.16. The van der Waals surface area contributed by atoms with E-state index in [9.17, 15) is 4.79 Å². The predicted octanol–water partition coefficient (Wildman–Crippen LogP) is 6.56. The second kappa shape index (κ2) is 9.67. The molecule has 6 nitrogen and oxygen atoms in total. The Bertz CT molecular complexity index is 1460. The van der Waals surface area contributed by atoms with Crippen LogP contribution >= 0.6 is 22.9 Å². The third kappa shape index (κ3) is 4.53. The first-order valence-corrected chi connectivity index (χ1v) is 11.9. The number of aromatic nitrogens is 3. The standard InChI is InChI=1S/C26H20ClN3O3S/c1-2-32-25(31)24-23(18-9-6-10-19(27)13-18)29-26(34-24)30-16-28-21-12-11-20(14-22(21)30)33-15-17-7-4-3-5-8-17/h3-14,16H,2,15H2,1H3. The van der Waals surface area contributed by atoms with E-state index in [1.54, 1.807) is 25.4 Å². The van der Waals surface area contributed by atoms with Gasteiger partial charge in [0.1, 0.15) is 23.6 Å². The minimum atomic E-state index is -0.419. The number of hydrogen-bond donors (Lipinski definition) is 0. The van der Waals surface area contributed by atoms with Gasteiger partial charge in [-0.25, -0.2) is 14.8 Å². The Labute approximate surface area is 205 Å². The second-order valence-corrected chi connectivity index (χ2v) is 8.86. The Hall–Kier alpha value is -3.68. The summed E-state index contributed by atoms with van der Waals surface area (Å²) in [5.41, 5.74) is 3.98. The third-order valence-electron chi connectivity index (χ3n) is 5.15. The van der Waals surface area contributed by atoms with Crippen molar-refractivity contribution in [1.29, 1.82) is 0 Å². The number of halogens is 1. The van der Waals surface area contributed by atoms with Crippen molar-refractivity contribution in [3.05, 3.63) is 94.6 Å². The molecule has 0 spiro atoms. The third-order valence-corrected chi connectivity index (χ3v) is 6.42. The average molecular weight is 490 g/mol. The van der Waals surface area contributed by atoms with E-state index in [0.29, 0.717) is 27.3 Å². The van der Waals surface area contributed by atoms with Crippen LogP contribution in [0.2, 0.25) is 5.02 Å². The van der Waals surface area contributed by atoms with Crippen LogP contribution in [0.25, 0.3) is 27.4 Å². The van der Waals surface area contributed by atoms with Gasteiger partial charge in [0.2, 0.25) is 0 Å². The summed E-state index contributed by atoms with van der Waals surface area (Å²) < 4.78 is 13.1. The summed E-state index contributed by atoms with van der Waals surface area (Å²) in [6.07, 6.45) is 1.70. The number of thiazole rings is 1. The maximum absolute atomic E-state index is 12.7. The number of esters is 1. The van der Waals surface area contributed by atoms with E-state index in [2.05, 4.69) is 4.98 Å². The number of rotatable bonds is 7. The van der Waals surface area contributed by atoms with Crippen molar-refractivity contribution in [2.24, 2.45) is 0 Å². The van der Waals surface area contributed by atoms with Gasteiger partial charge in [-0.2, -0.15) is 0 Å². The highest BCUT2D eigenvalue weighted by Crippen LogP contribution is 2.34. The van der Waals surface area contributed by atoms with E-state index in [1.807, 2.05) is 65.2 Å². The molecule has 0 aliphatic carbocycles. The first-order chi connectivity index (χ1) is 16.6. The molecule has 2 heterocycles. The molecule has 5 aromatic rings. The number of carbonyl (C=O) groups excluding carboxylic acids is 1. The van der Waals surface area contributed by atoms with E-state index in [1.165, 1.54) is 11.3 Å². The normalized spacial score (nSPS) is 11.0. The molecule has 0 fully saturated rings. The van der Waals surface area contributed by atoms with Gasteiger partial charge in [-0.1, -0.05) is 65.4 Å². The Morgan fingerprint density at radius 3 is 2.71 bits per heavy atom. The molecule has 0 amide bonds. The fraction of sp³-hybridized carbons (Fsp3) is 0.115. The average Bonchev–Trinajstić information content (AvgIpc) is 3.48. The highest BCUT2D eigenvalue weighted by molar-refractivity contribution is 7.16. The lowest BCUT2D eigenvalue weighted by Crippen LogP contribution is -2.03. The van der Waals surface area contributed by atoms with E-state index in [0.717, 1.165) is 27.9 Å². The van der Waals surface area contributed by atoms with E-state index in [4.69, 9.17) is 26.1 Å². The molecule has 0 N–H and O–H groups in total. The quantitative estimate of drug-likeness (QED) is 0.242. The van der Waals surface area contributed by atoms with Crippen LogP contribution in [0.15, 0.2) is 79.1 Å². The molecule has 2 aromatic heterocycles. The summed E-state index contributed by atoms with van der Waals surface area (Å²) in [7, 11) is 0. The Kier molecular flexibility index (Phi) is 6.29. The number of imidazole rings is 1. The van der Waals surface area contributed by atoms with E-state index >= 15 is 0 Å². The SMILES string of the molecule is CCOC(=O)c1sc(-n2cnc3ccc(OCc4ccccc4)cc32)nc1-c1cccc(Cl)c1. The Morgan fingerprint density at radius 2 is 1.91 bits per heavy atom. The molecule has 0 unspecified atom stereocenters. The zero-order chi connectivity index (χ0) is 23.5. The molecule has 170 valence electrons. The molecule has 0 radical (unpaired) electrons. The topological polar surface area (TPSA) is 66.2 Å². The molecular weight excluding hydrogens is 470 g/mol. The summed E-state index contributed by atoms with van der Waals surface area (Å²) in [4.78, 5) is 22.4. The van der Waals surface area contributed by atoms with Crippen LogP contribution in [0.4, 0.5) is 0 Å². The molecule has 3 aromatic carbocycles. The zero-order valence-electron chi connectivity index (χ0n) is 18.3. The summed E-state index contributed by atoms with van der Waals surface area (Å²) in [6, 6.07) is 23.0. The summed E-state index contributed by atoms with van der Waals surface area (Å²) >= 11 is 7.44. The maximum Gasteiger partial charge on any atom is 0.350 e. The maximum atomic E-state index is 12.7. The summed E-state index contributed by atoms with van der Waals surface area (Å²) in [5.74, 6) is 0.299. The molecular formula is C26H20ClN3O3S. The molecule has 0 saturated heterocycles. The van der Waals surface area contributed by atoms with Gasteiger partial charge in [-0.15, -0.1) is 0 Å². The number of ether oxygens (including phenoxy) is 2. The van der Waals surface area contributed by atoms with Gasteiger partial charge in [-0.05, 0) is 36.8 Å². The van der Waals surface area contributed by atoms with Crippen molar-refractivity contribution in [3.8, 4) is 22.1 Å².